The minimum Gasteiger partial charge on any atom is -0.389 e. The van der Waals surface area contributed by atoms with Crippen molar-refractivity contribution in [1.29, 1.82) is 0 Å². The Morgan fingerprint density at radius 1 is 1.09 bits per heavy atom. The monoisotopic (exact) mass is 320 g/mol. The van der Waals surface area contributed by atoms with Gasteiger partial charge in [0, 0.05) is 5.92 Å². The molecule has 3 rings (SSSR count). The van der Waals surface area contributed by atoms with Crippen LogP contribution in [-0.4, -0.2) is 55.4 Å². The van der Waals surface area contributed by atoms with Gasteiger partial charge in [-0.2, -0.15) is 0 Å². The molecule has 0 unspecified atom stereocenters. The SMILES string of the molecule is C[C@H]1C=CC=C[C@H]2C(=O)[C@@H]1C1=CC(=O)[C@@](C)(O)[C@@H](O)[C@]1(O)[C@@H]2O. The van der Waals surface area contributed by atoms with Crippen molar-refractivity contribution in [2.24, 2.45) is 17.8 Å². The summed E-state index contributed by atoms with van der Waals surface area (Å²) in [7, 11) is 0. The molecule has 3 aliphatic carbocycles. The molecule has 0 amide bonds. The van der Waals surface area contributed by atoms with E-state index in [1.54, 1.807) is 25.2 Å². The van der Waals surface area contributed by atoms with E-state index in [1.165, 1.54) is 6.08 Å². The highest BCUT2D eigenvalue weighted by Gasteiger charge is 2.65. The van der Waals surface area contributed by atoms with Crippen molar-refractivity contribution in [2.75, 3.05) is 0 Å². The van der Waals surface area contributed by atoms with E-state index in [0.717, 1.165) is 13.0 Å². The fraction of sp³-hybridized carbons (Fsp3) is 0.529. The van der Waals surface area contributed by atoms with E-state index in [2.05, 4.69) is 0 Å². The predicted molar refractivity (Wildman–Crippen MR) is 80.1 cm³/mol. The summed E-state index contributed by atoms with van der Waals surface area (Å²) in [5.74, 6) is -3.30. The largest absolute Gasteiger partial charge is 0.389 e. The van der Waals surface area contributed by atoms with Crippen LogP contribution in [0.3, 0.4) is 0 Å². The first-order valence-corrected chi connectivity index (χ1v) is 7.59. The highest BCUT2D eigenvalue weighted by Crippen LogP contribution is 2.49. The lowest BCUT2D eigenvalue weighted by Crippen LogP contribution is -2.72. The third-order valence-electron chi connectivity index (χ3n) is 5.33. The summed E-state index contributed by atoms with van der Waals surface area (Å²) in [6.45, 7) is 2.85. The van der Waals surface area contributed by atoms with Crippen LogP contribution < -0.4 is 0 Å². The number of rotatable bonds is 0. The Labute approximate surface area is 133 Å². The first kappa shape index (κ1) is 16.3. The lowest BCUT2D eigenvalue weighted by atomic mass is 9.56. The van der Waals surface area contributed by atoms with Gasteiger partial charge in [0.15, 0.2) is 11.4 Å². The van der Waals surface area contributed by atoms with E-state index < -0.39 is 41.0 Å². The van der Waals surface area contributed by atoms with Crippen molar-refractivity contribution in [1.82, 2.24) is 0 Å². The smallest absolute Gasteiger partial charge is 0.189 e. The Kier molecular flexibility index (Phi) is 3.50. The van der Waals surface area contributed by atoms with Crippen molar-refractivity contribution in [3.63, 3.8) is 0 Å². The lowest BCUT2D eigenvalue weighted by Gasteiger charge is -2.53. The first-order chi connectivity index (χ1) is 10.6. The second-order valence-corrected chi connectivity index (χ2v) is 6.82. The molecule has 0 saturated heterocycles. The molecule has 0 aromatic carbocycles. The first-order valence-electron chi connectivity index (χ1n) is 7.59. The van der Waals surface area contributed by atoms with E-state index in [-0.39, 0.29) is 17.3 Å². The molecule has 0 radical (unpaired) electrons. The average molecular weight is 320 g/mol. The molecule has 1 fully saturated rings. The third kappa shape index (κ3) is 1.96. The van der Waals surface area contributed by atoms with Gasteiger partial charge in [0.25, 0.3) is 0 Å². The van der Waals surface area contributed by atoms with Crippen molar-refractivity contribution < 1.29 is 30.0 Å². The molecule has 2 bridgehead atoms. The van der Waals surface area contributed by atoms with Gasteiger partial charge in [-0.25, -0.2) is 0 Å². The number of carbonyl (C=O) groups excluding carboxylic acids is 2. The molecule has 23 heavy (non-hydrogen) atoms. The van der Waals surface area contributed by atoms with E-state index in [4.69, 9.17) is 0 Å². The van der Waals surface area contributed by atoms with Gasteiger partial charge in [0.05, 0.1) is 5.92 Å². The molecule has 0 aliphatic heterocycles. The minimum atomic E-state index is -2.26. The van der Waals surface area contributed by atoms with Crippen LogP contribution in [0.25, 0.3) is 0 Å². The summed E-state index contributed by atoms with van der Waals surface area (Å²) >= 11 is 0. The molecule has 0 heterocycles. The van der Waals surface area contributed by atoms with Crippen LogP contribution in [0.4, 0.5) is 0 Å². The molecular formula is C17H20O6. The Morgan fingerprint density at radius 3 is 2.35 bits per heavy atom. The van der Waals surface area contributed by atoms with Crippen LogP contribution in [0, 0.1) is 17.8 Å². The van der Waals surface area contributed by atoms with Crippen molar-refractivity contribution >= 4 is 11.6 Å². The average Bonchev–Trinajstić information content (AvgIpc) is 2.48. The lowest BCUT2D eigenvalue weighted by molar-refractivity contribution is -0.209. The molecule has 1 saturated carbocycles. The summed E-state index contributed by atoms with van der Waals surface area (Å²) in [5.41, 5.74) is -4.52. The Hall–Kier alpha value is -1.60. The van der Waals surface area contributed by atoms with Crippen LogP contribution in [0.5, 0.6) is 0 Å². The Morgan fingerprint density at radius 2 is 1.70 bits per heavy atom. The fourth-order valence-corrected chi connectivity index (χ4v) is 3.86. The molecule has 6 nitrogen and oxygen atoms in total. The standard InChI is InChI=1S/C17H20O6/c1-8-5-3-4-6-9-13(19)12(8)10-7-11(18)16(2,22)15(21)17(10,23)14(9)20/h3-9,12,14-15,20-23H,1-2H3/t8-,9-,12-,14+,15+,16+,17+/m0/s1. The van der Waals surface area contributed by atoms with Gasteiger partial charge in [0.1, 0.15) is 23.6 Å². The molecule has 4 N–H and O–H groups in total. The third-order valence-corrected chi connectivity index (χ3v) is 5.33. The maximum atomic E-state index is 12.7. The molecule has 7 atom stereocenters. The molecule has 6 heteroatoms. The van der Waals surface area contributed by atoms with E-state index in [1.807, 2.05) is 0 Å². The van der Waals surface area contributed by atoms with Crippen LogP contribution in [0.15, 0.2) is 36.0 Å². The zero-order chi connectivity index (χ0) is 17.2. The molecule has 0 spiro atoms. The van der Waals surface area contributed by atoms with Crippen molar-refractivity contribution in [3.8, 4) is 0 Å². The molecular weight excluding hydrogens is 300 g/mol. The van der Waals surface area contributed by atoms with E-state index >= 15 is 0 Å². The summed E-state index contributed by atoms with van der Waals surface area (Å²) in [6.07, 6.45) is 4.00. The Balaban J connectivity index is 2.27. The number of hydrogen-bond acceptors (Lipinski definition) is 6. The summed E-state index contributed by atoms with van der Waals surface area (Å²) in [4.78, 5) is 24.9. The van der Waals surface area contributed by atoms with Gasteiger partial charge in [-0.15, -0.1) is 0 Å². The number of hydrogen-bond donors (Lipinski definition) is 4. The van der Waals surface area contributed by atoms with Crippen molar-refractivity contribution in [2.45, 2.75) is 37.3 Å². The second kappa shape index (κ2) is 4.95. The highest BCUT2D eigenvalue weighted by atomic mass is 16.4. The maximum absolute atomic E-state index is 12.7. The highest BCUT2D eigenvalue weighted by molar-refractivity contribution is 6.02. The topological polar surface area (TPSA) is 115 Å². The maximum Gasteiger partial charge on any atom is 0.189 e. The van der Waals surface area contributed by atoms with Crippen LogP contribution in [0.2, 0.25) is 0 Å². The number of Topliss-reactive ketones (excluding diaryl/α,β-unsaturated/α-hetero) is 1. The number of aliphatic hydroxyl groups is 4. The number of allylic oxidation sites excluding steroid dienone is 3. The van der Waals surface area contributed by atoms with Gasteiger partial charge in [-0.05, 0) is 24.5 Å². The zero-order valence-corrected chi connectivity index (χ0v) is 12.9. The molecule has 124 valence electrons. The van der Waals surface area contributed by atoms with Gasteiger partial charge < -0.3 is 20.4 Å². The van der Waals surface area contributed by atoms with Gasteiger partial charge in [-0.1, -0.05) is 31.2 Å². The molecule has 0 aromatic rings. The number of fused-ring (bicyclic) bond motifs is 4. The van der Waals surface area contributed by atoms with Gasteiger partial charge >= 0.3 is 0 Å². The van der Waals surface area contributed by atoms with E-state index in [0.29, 0.717) is 0 Å². The van der Waals surface area contributed by atoms with Gasteiger partial charge in [-0.3, -0.25) is 9.59 Å². The molecule has 3 aliphatic rings. The summed E-state index contributed by atoms with van der Waals surface area (Å²) in [5, 5.41) is 42.3. The number of ketones is 2. The Bertz CT molecular complexity index is 658. The second-order valence-electron chi connectivity index (χ2n) is 6.82. The van der Waals surface area contributed by atoms with Crippen molar-refractivity contribution in [3.05, 3.63) is 36.0 Å². The fourth-order valence-electron chi connectivity index (χ4n) is 3.86. The molecule has 0 aromatic heterocycles. The van der Waals surface area contributed by atoms with Crippen LogP contribution in [0.1, 0.15) is 13.8 Å². The quantitative estimate of drug-likeness (QED) is 0.468. The number of aliphatic hydroxyl groups excluding tert-OH is 2. The van der Waals surface area contributed by atoms with E-state index in [9.17, 15) is 30.0 Å². The summed E-state index contributed by atoms with van der Waals surface area (Å²) in [6, 6.07) is 0. The minimum absolute atomic E-state index is 0.0253. The number of carbonyl (C=O) groups is 2. The summed E-state index contributed by atoms with van der Waals surface area (Å²) < 4.78 is 0. The van der Waals surface area contributed by atoms with Gasteiger partial charge in [0.2, 0.25) is 0 Å². The normalized spacial score (nSPS) is 49.3. The van der Waals surface area contributed by atoms with Crippen LogP contribution >= 0.6 is 0 Å². The zero-order valence-electron chi connectivity index (χ0n) is 12.9. The predicted octanol–water partition coefficient (Wildman–Crippen LogP) is -0.723. The van der Waals surface area contributed by atoms with Crippen LogP contribution in [-0.2, 0) is 9.59 Å².